The molecule has 30 heavy (non-hydrogen) atoms. The highest BCUT2D eigenvalue weighted by Crippen LogP contribution is 2.71. The second-order valence-corrected chi connectivity index (χ2v) is 14.6. The van der Waals surface area contributed by atoms with Crippen LogP contribution in [0, 0.1) is 50.7 Å². The molecule has 0 radical (unpaired) electrons. The van der Waals surface area contributed by atoms with Gasteiger partial charge < -0.3 is 5.11 Å². The van der Waals surface area contributed by atoms with Crippen molar-refractivity contribution in [2.75, 3.05) is 0 Å². The van der Waals surface area contributed by atoms with E-state index in [1.54, 1.807) is 0 Å². The van der Waals surface area contributed by atoms with E-state index in [0.29, 0.717) is 27.6 Å². The Morgan fingerprint density at radius 2 is 1.43 bits per heavy atom. The van der Waals surface area contributed by atoms with Gasteiger partial charge in [0.2, 0.25) is 0 Å². The van der Waals surface area contributed by atoms with Crippen LogP contribution in [-0.2, 0) is 0 Å². The molecule has 0 aromatic rings. The Balaban J connectivity index is 1.52. The lowest BCUT2D eigenvalue weighted by molar-refractivity contribution is -0.185. The van der Waals surface area contributed by atoms with Crippen molar-refractivity contribution in [1.29, 1.82) is 0 Å². The van der Waals surface area contributed by atoms with Crippen LogP contribution >= 0.6 is 0 Å². The molecule has 0 aliphatic heterocycles. The summed E-state index contributed by atoms with van der Waals surface area (Å²) in [7, 11) is 0. The van der Waals surface area contributed by atoms with Crippen molar-refractivity contribution in [3.8, 4) is 0 Å². The van der Waals surface area contributed by atoms with Crippen molar-refractivity contribution in [3.63, 3.8) is 0 Å². The van der Waals surface area contributed by atoms with Crippen molar-refractivity contribution < 1.29 is 5.11 Å². The second kappa shape index (κ2) is 6.39. The predicted molar refractivity (Wildman–Crippen MR) is 126 cm³/mol. The molecule has 0 spiro atoms. The molecule has 0 unspecified atom stereocenters. The maximum absolute atomic E-state index is 10.8. The molecule has 1 N–H and O–H groups in total. The van der Waals surface area contributed by atoms with E-state index in [2.05, 4.69) is 54.5 Å². The molecule has 0 aromatic heterocycles. The smallest absolute Gasteiger partial charge is 0.0594 e. The van der Waals surface area contributed by atoms with Crippen LogP contribution in [0.2, 0.25) is 0 Å². The molecule has 0 amide bonds. The number of hydrogen-bond donors (Lipinski definition) is 1. The fraction of sp³-hybridized carbons (Fsp3) is 0.931. The molecule has 0 saturated heterocycles. The van der Waals surface area contributed by atoms with Gasteiger partial charge in [-0.3, -0.25) is 0 Å². The highest BCUT2D eigenvalue weighted by molar-refractivity contribution is 5.28. The average molecular weight is 413 g/mol. The highest BCUT2D eigenvalue weighted by Gasteiger charge is 2.64. The van der Waals surface area contributed by atoms with Crippen LogP contribution in [0.1, 0.15) is 113 Å². The summed E-state index contributed by atoms with van der Waals surface area (Å²) >= 11 is 0. The molecular formula is C29H48O. The number of aliphatic hydroxyl groups excluding tert-OH is 1. The Hall–Kier alpha value is -0.300. The van der Waals surface area contributed by atoms with Crippen molar-refractivity contribution in [2.24, 2.45) is 50.7 Å². The molecule has 0 heterocycles. The molecule has 4 fully saturated rings. The van der Waals surface area contributed by atoms with Crippen LogP contribution in [0.3, 0.4) is 0 Å². The molecule has 0 aromatic carbocycles. The fourth-order valence-electron chi connectivity index (χ4n) is 10.2. The summed E-state index contributed by atoms with van der Waals surface area (Å²) < 4.78 is 0. The number of hydrogen-bond acceptors (Lipinski definition) is 1. The zero-order chi connectivity index (χ0) is 21.7. The van der Waals surface area contributed by atoms with E-state index in [1.165, 1.54) is 57.8 Å². The second-order valence-electron chi connectivity index (χ2n) is 14.6. The van der Waals surface area contributed by atoms with Crippen molar-refractivity contribution in [1.82, 2.24) is 0 Å². The van der Waals surface area contributed by atoms with E-state index in [-0.39, 0.29) is 11.5 Å². The van der Waals surface area contributed by atoms with Gasteiger partial charge in [-0.15, -0.1) is 0 Å². The lowest BCUT2D eigenvalue weighted by Gasteiger charge is -2.68. The van der Waals surface area contributed by atoms with Crippen LogP contribution in [0.4, 0.5) is 0 Å². The van der Waals surface area contributed by atoms with E-state index in [9.17, 15) is 5.11 Å². The summed E-state index contributed by atoms with van der Waals surface area (Å²) in [6.45, 7) is 17.7. The first-order valence-electron chi connectivity index (χ1n) is 13.2. The van der Waals surface area contributed by atoms with Gasteiger partial charge in [0, 0.05) is 0 Å². The first-order valence-corrected chi connectivity index (χ1v) is 13.2. The molecule has 1 heteroatoms. The van der Waals surface area contributed by atoms with Gasteiger partial charge in [0.1, 0.15) is 0 Å². The summed E-state index contributed by atoms with van der Waals surface area (Å²) in [4.78, 5) is 0. The Kier molecular flexibility index (Phi) is 4.59. The Morgan fingerprint density at radius 3 is 2.17 bits per heavy atom. The molecule has 5 aliphatic rings. The first-order chi connectivity index (χ1) is 13.8. The minimum atomic E-state index is -0.116. The van der Waals surface area contributed by atoms with Gasteiger partial charge in [0.25, 0.3) is 0 Å². The van der Waals surface area contributed by atoms with E-state index in [4.69, 9.17) is 0 Å². The summed E-state index contributed by atoms with van der Waals surface area (Å²) in [5.41, 5.74) is 3.89. The highest BCUT2D eigenvalue weighted by atomic mass is 16.3. The van der Waals surface area contributed by atoms with E-state index in [1.807, 2.05) is 5.57 Å². The zero-order valence-corrected chi connectivity index (χ0v) is 21.0. The lowest BCUT2D eigenvalue weighted by atomic mass is 9.37. The van der Waals surface area contributed by atoms with Gasteiger partial charge in [0.05, 0.1) is 6.10 Å². The SMILES string of the molecule is CC1(C)CC[C@]2(C)CC[C@@H]3C(=CC[C@H]4[C@@]3(C)CC[C@H]3C(C)(C)[C@@H](O)CC[C@]43C)[C@@H]2C1. The summed E-state index contributed by atoms with van der Waals surface area (Å²) in [5, 5.41) is 10.8. The van der Waals surface area contributed by atoms with Gasteiger partial charge in [0.15, 0.2) is 0 Å². The third kappa shape index (κ3) is 2.75. The summed E-state index contributed by atoms with van der Waals surface area (Å²) in [6, 6.07) is 0. The van der Waals surface area contributed by atoms with Crippen LogP contribution in [0.25, 0.3) is 0 Å². The largest absolute Gasteiger partial charge is 0.393 e. The van der Waals surface area contributed by atoms with Crippen molar-refractivity contribution >= 4 is 0 Å². The van der Waals surface area contributed by atoms with Gasteiger partial charge in [-0.25, -0.2) is 0 Å². The van der Waals surface area contributed by atoms with Crippen LogP contribution in [0.15, 0.2) is 11.6 Å². The van der Waals surface area contributed by atoms with Crippen LogP contribution in [-0.4, -0.2) is 11.2 Å². The van der Waals surface area contributed by atoms with Crippen molar-refractivity contribution in [3.05, 3.63) is 11.6 Å². The normalized spacial score (nSPS) is 54.1. The third-order valence-electron chi connectivity index (χ3n) is 12.2. The maximum Gasteiger partial charge on any atom is 0.0594 e. The van der Waals surface area contributed by atoms with Crippen molar-refractivity contribution in [2.45, 2.75) is 119 Å². The molecule has 1 nitrogen and oxygen atoms in total. The number of fused-ring (bicyclic) bond motifs is 7. The summed E-state index contributed by atoms with van der Waals surface area (Å²) in [5.74, 6) is 3.11. The lowest BCUT2D eigenvalue weighted by Crippen LogP contribution is -2.61. The van der Waals surface area contributed by atoms with Gasteiger partial charge >= 0.3 is 0 Å². The standard InChI is InChI=1S/C29H48O/c1-25(2)16-17-27(5)13-10-20-19(21(27)18-25)8-9-23-28(20,6)14-11-22-26(3,4)24(30)12-15-29(22,23)7/h8,20-24,30H,9-18H2,1-7H3/t20-,21+,22+,23+,24+,27+,28+,29+/m1/s1. The Bertz CT molecular complexity index is 745. The monoisotopic (exact) mass is 412 g/mol. The molecule has 0 bridgehead atoms. The number of aliphatic hydroxyl groups is 1. The quantitative estimate of drug-likeness (QED) is 0.403. The van der Waals surface area contributed by atoms with Gasteiger partial charge in [-0.05, 0) is 115 Å². The summed E-state index contributed by atoms with van der Waals surface area (Å²) in [6.07, 6.45) is 16.0. The maximum atomic E-state index is 10.8. The van der Waals surface area contributed by atoms with E-state index < -0.39 is 0 Å². The Morgan fingerprint density at radius 1 is 0.733 bits per heavy atom. The molecule has 8 atom stereocenters. The topological polar surface area (TPSA) is 20.2 Å². The Labute approximate surface area is 186 Å². The van der Waals surface area contributed by atoms with Gasteiger partial charge in [-0.1, -0.05) is 60.1 Å². The third-order valence-corrected chi connectivity index (χ3v) is 12.2. The minimum absolute atomic E-state index is 0.0663. The average Bonchev–Trinajstić information content (AvgIpc) is 2.65. The van der Waals surface area contributed by atoms with Gasteiger partial charge in [-0.2, -0.15) is 0 Å². The number of allylic oxidation sites excluding steroid dienone is 2. The van der Waals surface area contributed by atoms with E-state index >= 15 is 0 Å². The molecule has 5 aliphatic carbocycles. The fourth-order valence-corrected chi connectivity index (χ4v) is 10.2. The van der Waals surface area contributed by atoms with Crippen LogP contribution < -0.4 is 0 Å². The predicted octanol–water partition coefficient (Wildman–Crippen LogP) is 7.78. The zero-order valence-electron chi connectivity index (χ0n) is 21.0. The number of rotatable bonds is 0. The minimum Gasteiger partial charge on any atom is -0.393 e. The van der Waals surface area contributed by atoms with E-state index in [0.717, 1.165) is 24.2 Å². The molecule has 170 valence electrons. The molecule has 4 saturated carbocycles. The molecular weight excluding hydrogens is 364 g/mol. The van der Waals surface area contributed by atoms with Crippen LogP contribution in [0.5, 0.6) is 0 Å². The first kappa shape index (κ1) is 21.5. The molecule has 5 rings (SSSR count).